The number of hydrogen-bond donors (Lipinski definition) is 1. The summed E-state index contributed by atoms with van der Waals surface area (Å²) in [4.78, 5) is 0. The van der Waals surface area contributed by atoms with Crippen LogP contribution in [0.15, 0.2) is 0 Å². The van der Waals surface area contributed by atoms with E-state index in [4.69, 9.17) is 0 Å². The molecular formula is C8H19N. The van der Waals surface area contributed by atoms with Crippen LogP contribution in [-0.4, -0.2) is 7.05 Å². The number of nitrogens with two attached hydrogens (primary N) is 1. The van der Waals surface area contributed by atoms with Gasteiger partial charge in [-0.05, 0) is 7.05 Å². The second-order valence-corrected chi connectivity index (χ2v) is 2.47. The van der Waals surface area contributed by atoms with Crippen molar-refractivity contribution in [3.05, 3.63) is 0 Å². The summed E-state index contributed by atoms with van der Waals surface area (Å²) in [5.41, 5.74) is 4.50. The Morgan fingerprint density at radius 2 is 0.667 bits per heavy atom. The molecule has 0 aliphatic heterocycles. The maximum atomic E-state index is 4.50. The predicted molar refractivity (Wildman–Crippen MR) is 42.4 cm³/mol. The molecule has 0 spiro atoms. The average Bonchev–Trinajstić information content (AvgIpc) is 2.21. The third-order valence-electron chi connectivity index (χ3n) is 1.75. The molecular weight excluding hydrogens is 110 g/mol. The lowest BCUT2D eigenvalue weighted by Gasteiger charge is -1.85. The van der Waals surface area contributed by atoms with E-state index < -0.39 is 0 Å². The fraction of sp³-hybridized carbons (Fsp3) is 1.00. The first-order chi connectivity index (χ1) is 4.50. The second-order valence-electron chi connectivity index (χ2n) is 2.47. The van der Waals surface area contributed by atoms with Crippen LogP contribution < -0.4 is 5.73 Å². The monoisotopic (exact) mass is 129 g/mol. The van der Waals surface area contributed by atoms with Crippen molar-refractivity contribution >= 4 is 0 Å². The molecule has 0 atom stereocenters. The van der Waals surface area contributed by atoms with E-state index in [1.807, 2.05) is 0 Å². The van der Waals surface area contributed by atoms with Crippen LogP contribution in [0, 0.1) is 0 Å². The van der Waals surface area contributed by atoms with Crippen LogP contribution in [0.1, 0.15) is 44.9 Å². The lowest BCUT2D eigenvalue weighted by atomic mass is 10.2. The highest BCUT2D eigenvalue weighted by molar-refractivity contribution is 4.51. The van der Waals surface area contributed by atoms with Gasteiger partial charge in [-0.25, -0.2) is 0 Å². The molecule has 1 rings (SSSR count). The fourth-order valence-corrected chi connectivity index (χ4v) is 1.24. The average molecular weight is 129 g/mol. The zero-order valence-corrected chi connectivity index (χ0v) is 6.53. The Hall–Kier alpha value is -0.0400. The van der Waals surface area contributed by atoms with Crippen LogP contribution in [-0.2, 0) is 0 Å². The molecule has 0 bridgehead atoms. The van der Waals surface area contributed by atoms with Gasteiger partial charge < -0.3 is 5.73 Å². The van der Waals surface area contributed by atoms with Crippen LogP contribution in [0.4, 0.5) is 0 Å². The van der Waals surface area contributed by atoms with Crippen LogP contribution in [0.3, 0.4) is 0 Å². The van der Waals surface area contributed by atoms with E-state index in [2.05, 4.69) is 5.73 Å². The highest BCUT2D eigenvalue weighted by Crippen LogP contribution is 2.15. The minimum Gasteiger partial charge on any atom is -0.333 e. The van der Waals surface area contributed by atoms with Gasteiger partial charge in [-0.2, -0.15) is 0 Å². The van der Waals surface area contributed by atoms with E-state index in [-0.39, 0.29) is 0 Å². The normalized spacial score (nSPS) is 19.3. The first-order valence-electron chi connectivity index (χ1n) is 4.08. The minimum atomic E-state index is 1.50. The van der Waals surface area contributed by atoms with Crippen LogP contribution >= 0.6 is 0 Å². The predicted octanol–water partition coefficient (Wildman–Crippen LogP) is 2.31. The van der Waals surface area contributed by atoms with Gasteiger partial charge in [0.1, 0.15) is 0 Å². The van der Waals surface area contributed by atoms with Crippen LogP contribution in [0.5, 0.6) is 0 Å². The number of rotatable bonds is 0. The van der Waals surface area contributed by atoms with Gasteiger partial charge in [0.05, 0.1) is 0 Å². The maximum Gasteiger partial charge on any atom is -0.0195 e. The van der Waals surface area contributed by atoms with Crippen molar-refractivity contribution in [2.24, 2.45) is 5.73 Å². The zero-order chi connectivity index (χ0) is 6.95. The van der Waals surface area contributed by atoms with Crippen molar-refractivity contribution in [1.29, 1.82) is 0 Å². The van der Waals surface area contributed by atoms with Crippen molar-refractivity contribution in [1.82, 2.24) is 0 Å². The summed E-state index contributed by atoms with van der Waals surface area (Å²) in [6.07, 6.45) is 10.5. The van der Waals surface area contributed by atoms with Gasteiger partial charge in [-0.3, -0.25) is 0 Å². The van der Waals surface area contributed by atoms with Crippen molar-refractivity contribution in [3.8, 4) is 0 Å². The Morgan fingerprint density at radius 1 is 0.556 bits per heavy atom. The SMILES string of the molecule is C1CCCCCC1.CN. The quantitative estimate of drug-likeness (QED) is 0.499. The molecule has 1 aliphatic carbocycles. The summed E-state index contributed by atoms with van der Waals surface area (Å²) in [5.74, 6) is 0. The Kier molecular flexibility index (Phi) is 7.92. The Bertz CT molecular complexity index is 24.2. The van der Waals surface area contributed by atoms with E-state index in [0.29, 0.717) is 0 Å². The summed E-state index contributed by atoms with van der Waals surface area (Å²) in [5, 5.41) is 0. The molecule has 1 fully saturated rings. The van der Waals surface area contributed by atoms with Crippen LogP contribution in [0.25, 0.3) is 0 Å². The van der Waals surface area contributed by atoms with Gasteiger partial charge in [0, 0.05) is 0 Å². The molecule has 1 aliphatic rings. The van der Waals surface area contributed by atoms with Gasteiger partial charge in [-0.1, -0.05) is 44.9 Å². The van der Waals surface area contributed by atoms with Crippen molar-refractivity contribution in [2.75, 3.05) is 7.05 Å². The molecule has 1 saturated carbocycles. The van der Waals surface area contributed by atoms with Gasteiger partial charge in [0.25, 0.3) is 0 Å². The topological polar surface area (TPSA) is 26.0 Å². The molecule has 56 valence electrons. The van der Waals surface area contributed by atoms with Crippen molar-refractivity contribution in [3.63, 3.8) is 0 Å². The first-order valence-corrected chi connectivity index (χ1v) is 4.08. The Labute approximate surface area is 58.6 Å². The summed E-state index contributed by atoms with van der Waals surface area (Å²) < 4.78 is 0. The molecule has 0 saturated heterocycles. The van der Waals surface area contributed by atoms with E-state index in [1.165, 1.54) is 52.0 Å². The summed E-state index contributed by atoms with van der Waals surface area (Å²) in [6, 6.07) is 0. The third-order valence-corrected chi connectivity index (χ3v) is 1.75. The largest absolute Gasteiger partial charge is 0.333 e. The van der Waals surface area contributed by atoms with E-state index in [9.17, 15) is 0 Å². The molecule has 1 nitrogen and oxygen atoms in total. The molecule has 0 amide bonds. The second kappa shape index (κ2) is 7.96. The molecule has 0 aromatic heterocycles. The molecule has 0 heterocycles. The van der Waals surface area contributed by atoms with Crippen molar-refractivity contribution in [2.45, 2.75) is 44.9 Å². The first kappa shape index (κ1) is 8.96. The number of hydrogen-bond acceptors (Lipinski definition) is 1. The van der Waals surface area contributed by atoms with Gasteiger partial charge >= 0.3 is 0 Å². The lowest BCUT2D eigenvalue weighted by molar-refractivity contribution is 0.702. The van der Waals surface area contributed by atoms with E-state index in [0.717, 1.165) is 0 Å². The highest BCUT2D eigenvalue weighted by atomic mass is 14.4. The van der Waals surface area contributed by atoms with Gasteiger partial charge in [0.2, 0.25) is 0 Å². The smallest absolute Gasteiger partial charge is 0.0195 e. The summed E-state index contributed by atoms with van der Waals surface area (Å²) in [7, 11) is 1.50. The molecule has 1 heteroatoms. The molecule has 9 heavy (non-hydrogen) atoms. The zero-order valence-electron chi connectivity index (χ0n) is 6.53. The Balaban J connectivity index is 0.000000291. The van der Waals surface area contributed by atoms with Crippen molar-refractivity contribution < 1.29 is 0 Å². The molecule has 0 aromatic rings. The third kappa shape index (κ3) is 5.84. The van der Waals surface area contributed by atoms with Gasteiger partial charge in [-0.15, -0.1) is 0 Å². The summed E-state index contributed by atoms with van der Waals surface area (Å²) >= 11 is 0. The Morgan fingerprint density at radius 3 is 0.778 bits per heavy atom. The van der Waals surface area contributed by atoms with Gasteiger partial charge in [0.15, 0.2) is 0 Å². The molecule has 0 radical (unpaired) electrons. The molecule has 0 aromatic carbocycles. The summed E-state index contributed by atoms with van der Waals surface area (Å²) in [6.45, 7) is 0. The lowest BCUT2D eigenvalue weighted by Crippen LogP contribution is -1.69. The standard InChI is InChI=1S/C7H14.CH5N/c1-2-4-6-7-5-3-1;1-2/h1-7H2;2H2,1H3. The van der Waals surface area contributed by atoms with E-state index in [1.54, 1.807) is 0 Å². The van der Waals surface area contributed by atoms with Crippen LogP contribution in [0.2, 0.25) is 0 Å². The van der Waals surface area contributed by atoms with E-state index >= 15 is 0 Å². The maximum absolute atomic E-state index is 4.50. The highest BCUT2D eigenvalue weighted by Gasteiger charge is 1.95. The molecule has 2 N–H and O–H groups in total. The fourth-order valence-electron chi connectivity index (χ4n) is 1.24. The minimum absolute atomic E-state index is 1.50. The molecule has 0 unspecified atom stereocenters.